The monoisotopic (exact) mass is 520 g/mol. The van der Waals surface area contributed by atoms with E-state index in [2.05, 4.69) is 15.2 Å². The molecule has 0 amide bonds. The smallest absolute Gasteiger partial charge is 0.487 e. The Balaban J connectivity index is 1.07. The van der Waals surface area contributed by atoms with E-state index in [1.165, 1.54) is 0 Å². The number of hydrogen-bond donors (Lipinski definition) is 0. The average Bonchev–Trinajstić information content (AvgIpc) is 3.35. The van der Waals surface area contributed by atoms with Crippen molar-refractivity contribution in [3.63, 3.8) is 0 Å². The first-order valence-corrected chi connectivity index (χ1v) is 14.6. The van der Waals surface area contributed by atoms with Crippen molar-refractivity contribution in [3.05, 3.63) is 83.7 Å². The fraction of sp³-hybridized carbons (Fsp3) is 0.370. The molecule has 3 aliphatic rings. The molecule has 37 heavy (non-hydrogen) atoms. The van der Waals surface area contributed by atoms with Crippen LogP contribution in [0.1, 0.15) is 28.0 Å². The van der Waals surface area contributed by atoms with Gasteiger partial charge in [0.05, 0.1) is 26.0 Å². The summed E-state index contributed by atoms with van der Waals surface area (Å²) in [6, 6.07) is 17.6. The lowest BCUT2D eigenvalue weighted by molar-refractivity contribution is -0.00869. The van der Waals surface area contributed by atoms with E-state index >= 15 is 0 Å². The van der Waals surface area contributed by atoms with Crippen LogP contribution in [-0.2, 0) is 26.4 Å². The highest BCUT2D eigenvalue weighted by atomic mass is 28.4. The van der Waals surface area contributed by atoms with Crippen LogP contribution in [0, 0.1) is 0 Å². The number of ether oxygens (including phenoxy) is 1. The summed E-state index contributed by atoms with van der Waals surface area (Å²) in [5.74, 6) is 0.616. The molecule has 3 aliphatic heterocycles. The second-order valence-corrected chi connectivity index (χ2v) is 11.8. The summed E-state index contributed by atoms with van der Waals surface area (Å²) in [6.07, 6.45) is 6.13. The van der Waals surface area contributed by atoms with Crippen LogP contribution in [0.25, 0.3) is 6.08 Å². The van der Waals surface area contributed by atoms with Crippen LogP contribution in [-0.4, -0.2) is 73.9 Å². The van der Waals surface area contributed by atoms with E-state index in [0.717, 1.165) is 43.4 Å². The van der Waals surface area contributed by atoms with Crippen LogP contribution < -0.4 is 4.74 Å². The standard InChI is InChI=1S/C27H32N4O5Si/c32-27(12-7-23-5-2-1-3-6-23)24-8-10-26(11-9-24)33-22-25-21-31(29-28-25)13-4-20-37-34-17-14-30(15-18-35-37)16-19-36-37/h1-3,5-12,21H,4,13-20,22H2/b12-7+. The fourth-order valence-corrected chi connectivity index (χ4v) is 6.83. The Morgan fingerprint density at radius 2 is 1.68 bits per heavy atom. The highest BCUT2D eigenvalue weighted by Gasteiger charge is 2.43. The molecular formula is C27H32N4O5Si. The van der Waals surface area contributed by atoms with Crippen molar-refractivity contribution in [2.45, 2.75) is 25.6 Å². The van der Waals surface area contributed by atoms with Gasteiger partial charge in [0.2, 0.25) is 0 Å². The Morgan fingerprint density at radius 1 is 0.973 bits per heavy atom. The molecule has 0 saturated carbocycles. The van der Waals surface area contributed by atoms with E-state index in [1.807, 2.05) is 47.3 Å². The minimum Gasteiger partial charge on any atom is -0.487 e. The number of ketones is 1. The normalized spacial score (nSPS) is 21.9. The number of aryl methyl sites for hydroxylation is 1. The second kappa shape index (κ2) is 12.4. The van der Waals surface area contributed by atoms with Gasteiger partial charge in [0, 0.05) is 37.8 Å². The Hall–Kier alpha value is -3.15. The highest BCUT2D eigenvalue weighted by Crippen LogP contribution is 2.22. The summed E-state index contributed by atoms with van der Waals surface area (Å²) in [5.41, 5.74) is 2.33. The number of hydrogen-bond acceptors (Lipinski definition) is 8. The third-order valence-corrected chi connectivity index (χ3v) is 9.29. The maximum atomic E-state index is 12.4. The van der Waals surface area contributed by atoms with Crippen LogP contribution in [0.3, 0.4) is 0 Å². The van der Waals surface area contributed by atoms with Gasteiger partial charge < -0.3 is 18.0 Å². The summed E-state index contributed by atoms with van der Waals surface area (Å²) in [6.45, 7) is 5.82. The van der Waals surface area contributed by atoms with E-state index in [0.29, 0.717) is 44.3 Å². The van der Waals surface area contributed by atoms with Crippen molar-refractivity contribution in [2.24, 2.45) is 0 Å². The van der Waals surface area contributed by atoms with Crippen molar-refractivity contribution < 1.29 is 22.8 Å². The zero-order chi connectivity index (χ0) is 25.3. The molecule has 0 spiro atoms. The number of allylic oxidation sites excluding steroid dienone is 1. The predicted octanol–water partition coefficient (Wildman–Crippen LogP) is 3.46. The van der Waals surface area contributed by atoms with E-state index in [1.54, 1.807) is 30.3 Å². The van der Waals surface area contributed by atoms with Crippen molar-refractivity contribution >= 4 is 20.7 Å². The summed E-state index contributed by atoms with van der Waals surface area (Å²) in [5, 5.41) is 8.44. The number of carbonyl (C=O) groups is 1. The zero-order valence-corrected chi connectivity index (χ0v) is 21.8. The third-order valence-electron chi connectivity index (χ3n) is 6.40. The molecule has 0 atom stereocenters. The minimum absolute atomic E-state index is 0.0528. The number of benzene rings is 2. The van der Waals surface area contributed by atoms with Crippen molar-refractivity contribution in [3.8, 4) is 5.75 Å². The van der Waals surface area contributed by atoms with Gasteiger partial charge in [0.1, 0.15) is 18.1 Å². The summed E-state index contributed by atoms with van der Waals surface area (Å²) in [4.78, 5) is 14.7. The fourth-order valence-electron chi connectivity index (χ4n) is 4.34. The van der Waals surface area contributed by atoms with E-state index in [-0.39, 0.29) is 5.78 Å². The van der Waals surface area contributed by atoms with Gasteiger partial charge in [-0.05, 0) is 42.3 Å². The Kier molecular flexibility index (Phi) is 8.54. The van der Waals surface area contributed by atoms with Crippen molar-refractivity contribution in [1.29, 1.82) is 0 Å². The van der Waals surface area contributed by atoms with Gasteiger partial charge in [-0.15, -0.1) is 5.10 Å². The zero-order valence-electron chi connectivity index (χ0n) is 20.8. The Labute approximate surface area is 218 Å². The van der Waals surface area contributed by atoms with E-state index in [4.69, 9.17) is 18.0 Å². The largest absolute Gasteiger partial charge is 0.501 e. The molecule has 2 aromatic carbocycles. The molecule has 2 bridgehead atoms. The highest BCUT2D eigenvalue weighted by molar-refractivity contribution is 6.60. The number of rotatable bonds is 10. The van der Waals surface area contributed by atoms with Gasteiger partial charge >= 0.3 is 8.80 Å². The maximum absolute atomic E-state index is 12.4. The van der Waals surface area contributed by atoms with Crippen LogP contribution >= 0.6 is 0 Å². The maximum Gasteiger partial charge on any atom is 0.501 e. The van der Waals surface area contributed by atoms with Gasteiger partial charge in [-0.2, -0.15) is 0 Å². The molecule has 0 unspecified atom stereocenters. The summed E-state index contributed by atoms with van der Waals surface area (Å²) in [7, 11) is -2.61. The molecule has 3 saturated heterocycles. The molecule has 4 heterocycles. The topological polar surface area (TPSA) is 87.9 Å². The van der Waals surface area contributed by atoms with Gasteiger partial charge in [0.15, 0.2) is 5.78 Å². The summed E-state index contributed by atoms with van der Waals surface area (Å²) < 4.78 is 25.9. The van der Waals surface area contributed by atoms with Crippen LogP contribution in [0.15, 0.2) is 66.9 Å². The molecule has 9 nitrogen and oxygen atoms in total. The third kappa shape index (κ3) is 7.21. The number of fused-ring (bicyclic) bond motifs is 6. The molecule has 194 valence electrons. The first-order chi connectivity index (χ1) is 18.2. The second-order valence-electron chi connectivity index (χ2n) is 9.07. The van der Waals surface area contributed by atoms with Crippen molar-refractivity contribution in [1.82, 2.24) is 19.9 Å². The molecule has 0 radical (unpaired) electrons. The molecule has 1 aromatic heterocycles. The predicted molar refractivity (Wildman–Crippen MR) is 140 cm³/mol. The lowest BCUT2D eigenvalue weighted by atomic mass is 10.1. The first-order valence-electron chi connectivity index (χ1n) is 12.7. The lowest BCUT2D eigenvalue weighted by Gasteiger charge is -2.38. The minimum atomic E-state index is -2.61. The number of aromatic nitrogens is 3. The van der Waals surface area contributed by atoms with E-state index < -0.39 is 8.80 Å². The molecule has 3 fully saturated rings. The molecule has 0 aliphatic carbocycles. The Bertz CT molecular complexity index is 1160. The summed E-state index contributed by atoms with van der Waals surface area (Å²) >= 11 is 0. The van der Waals surface area contributed by atoms with Crippen LogP contribution in [0.5, 0.6) is 5.75 Å². The average molecular weight is 521 g/mol. The molecule has 6 rings (SSSR count). The molecule has 0 N–H and O–H groups in total. The quantitative estimate of drug-likeness (QED) is 0.228. The van der Waals surface area contributed by atoms with Gasteiger partial charge in [0.25, 0.3) is 0 Å². The van der Waals surface area contributed by atoms with Crippen LogP contribution in [0.4, 0.5) is 0 Å². The molecule has 10 heteroatoms. The van der Waals surface area contributed by atoms with Gasteiger partial charge in [-0.25, -0.2) is 0 Å². The van der Waals surface area contributed by atoms with E-state index in [9.17, 15) is 4.79 Å². The van der Waals surface area contributed by atoms with Crippen LogP contribution in [0.2, 0.25) is 6.04 Å². The first kappa shape index (κ1) is 25.5. The number of carbonyl (C=O) groups excluding carboxylic acids is 1. The van der Waals surface area contributed by atoms with Gasteiger partial charge in [-0.3, -0.25) is 14.4 Å². The number of nitrogens with zero attached hydrogens (tertiary/aromatic N) is 4. The Morgan fingerprint density at radius 3 is 2.38 bits per heavy atom. The van der Waals surface area contributed by atoms with Gasteiger partial charge in [-0.1, -0.05) is 41.6 Å². The molecular weight excluding hydrogens is 488 g/mol. The SMILES string of the molecule is O=C(/C=C/c1ccccc1)c1ccc(OCc2cn(CCC[Si]34OCCN(CCO3)CCO4)nn2)cc1. The van der Waals surface area contributed by atoms with Crippen molar-refractivity contribution in [2.75, 3.05) is 39.5 Å². The lowest BCUT2D eigenvalue weighted by Crippen LogP contribution is -2.55. The molecule has 3 aromatic rings.